The Balaban J connectivity index is 2.03. The second-order valence-corrected chi connectivity index (χ2v) is 5.21. The minimum Gasteiger partial charge on any atom is -0.481 e. The molecule has 0 atom stereocenters. The Morgan fingerprint density at radius 2 is 1.81 bits per heavy atom. The molecular weight excluding hydrogens is 278 g/mol. The lowest BCUT2D eigenvalue weighted by atomic mass is 9.82. The van der Waals surface area contributed by atoms with Crippen LogP contribution in [0.15, 0.2) is 0 Å². The fourth-order valence-corrected chi connectivity index (χ4v) is 2.32. The molecule has 0 aliphatic heterocycles. The summed E-state index contributed by atoms with van der Waals surface area (Å²) in [7, 11) is 0. The van der Waals surface area contributed by atoms with Crippen molar-refractivity contribution in [2.45, 2.75) is 25.7 Å². The van der Waals surface area contributed by atoms with E-state index in [1.807, 2.05) is 0 Å². The van der Waals surface area contributed by atoms with Crippen LogP contribution in [-0.4, -0.2) is 49.3 Å². The molecule has 1 saturated carbocycles. The number of urea groups is 1. The first-order valence-corrected chi connectivity index (χ1v) is 7.09. The molecule has 120 valence electrons. The summed E-state index contributed by atoms with van der Waals surface area (Å²) in [6.45, 7) is 0.904. The molecule has 8 heteroatoms. The van der Waals surface area contributed by atoms with E-state index in [0.29, 0.717) is 31.8 Å². The van der Waals surface area contributed by atoms with Gasteiger partial charge in [0, 0.05) is 13.1 Å². The molecule has 1 aliphatic rings. The van der Waals surface area contributed by atoms with E-state index in [4.69, 9.17) is 15.6 Å². The number of carboxylic acid groups (broad SMARTS) is 1. The van der Waals surface area contributed by atoms with Crippen LogP contribution in [0.5, 0.6) is 0 Å². The summed E-state index contributed by atoms with van der Waals surface area (Å²) in [5.41, 5.74) is 4.89. The zero-order chi connectivity index (χ0) is 15.7. The highest BCUT2D eigenvalue weighted by atomic mass is 16.5. The van der Waals surface area contributed by atoms with Crippen molar-refractivity contribution in [3.8, 4) is 0 Å². The SMILES string of the molecule is NC(=O)COCCNC(=O)NCC1CCC(C(=O)O)CC1. The van der Waals surface area contributed by atoms with Gasteiger partial charge in [0.2, 0.25) is 5.91 Å². The number of rotatable bonds is 8. The number of amides is 3. The van der Waals surface area contributed by atoms with Crippen LogP contribution in [0, 0.1) is 11.8 Å². The molecular formula is C13H23N3O5. The standard InChI is InChI=1S/C13H23N3O5/c14-11(17)8-21-6-5-15-13(20)16-7-9-1-3-10(4-2-9)12(18)19/h9-10H,1-8H2,(H2,14,17)(H,18,19)(H2,15,16,20). The zero-order valence-electron chi connectivity index (χ0n) is 12.0. The number of hydrogen-bond donors (Lipinski definition) is 4. The monoisotopic (exact) mass is 301 g/mol. The first-order chi connectivity index (χ1) is 9.99. The summed E-state index contributed by atoms with van der Waals surface area (Å²) < 4.78 is 4.90. The Hall–Kier alpha value is -1.83. The van der Waals surface area contributed by atoms with Gasteiger partial charge in [-0.25, -0.2) is 4.79 Å². The van der Waals surface area contributed by atoms with Crippen molar-refractivity contribution >= 4 is 17.9 Å². The molecule has 1 rings (SSSR count). The summed E-state index contributed by atoms with van der Waals surface area (Å²) in [4.78, 5) is 32.7. The number of carbonyl (C=O) groups is 3. The molecule has 0 radical (unpaired) electrons. The lowest BCUT2D eigenvalue weighted by molar-refractivity contribution is -0.143. The molecule has 0 aromatic heterocycles. The Morgan fingerprint density at radius 1 is 1.14 bits per heavy atom. The van der Waals surface area contributed by atoms with Crippen LogP contribution in [-0.2, 0) is 14.3 Å². The van der Waals surface area contributed by atoms with Crippen molar-refractivity contribution in [2.75, 3.05) is 26.3 Å². The first-order valence-electron chi connectivity index (χ1n) is 7.09. The maximum Gasteiger partial charge on any atom is 0.314 e. The van der Waals surface area contributed by atoms with Crippen molar-refractivity contribution in [3.63, 3.8) is 0 Å². The maximum absolute atomic E-state index is 11.5. The van der Waals surface area contributed by atoms with Gasteiger partial charge in [-0.3, -0.25) is 9.59 Å². The summed E-state index contributed by atoms with van der Waals surface area (Å²) in [5, 5.41) is 14.3. The molecule has 0 aromatic rings. The number of nitrogens with one attached hydrogen (secondary N) is 2. The predicted molar refractivity (Wildman–Crippen MR) is 74.5 cm³/mol. The number of ether oxygens (including phenoxy) is 1. The minimum absolute atomic E-state index is 0.157. The van der Waals surface area contributed by atoms with Gasteiger partial charge in [0.15, 0.2) is 0 Å². The molecule has 21 heavy (non-hydrogen) atoms. The normalized spacial score (nSPS) is 21.5. The molecule has 1 aliphatic carbocycles. The fourth-order valence-electron chi connectivity index (χ4n) is 2.32. The van der Waals surface area contributed by atoms with Crippen molar-refractivity contribution in [1.29, 1.82) is 0 Å². The quantitative estimate of drug-likeness (QED) is 0.456. The van der Waals surface area contributed by atoms with Gasteiger partial charge in [0.05, 0.1) is 12.5 Å². The predicted octanol–water partition coefficient (Wildman–Crippen LogP) is -0.321. The number of aliphatic carboxylic acids is 1. The second kappa shape index (κ2) is 9.17. The number of primary amides is 1. The lowest BCUT2D eigenvalue weighted by Crippen LogP contribution is -2.40. The van der Waals surface area contributed by atoms with Gasteiger partial charge in [0.25, 0.3) is 0 Å². The van der Waals surface area contributed by atoms with E-state index < -0.39 is 11.9 Å². The largest absolute Gasteiger partial charge is 0.481 e. The summed E-state index contributed by atoms with van der Waals surface area (Å²) in [6.07, 6.45) is 2.98. The van der Waals surface area contributed by atoms with E-state index >= 15 is 0 Å². The van der Waals surface area contributed by atoms with E-state index in [1.165, 1.54) is 0 Å². The van der Waals surface area contributed by atoms with E-state index in [0.717, 1.165) is 12.8 Å². The third kappa shape index (κ3) is 7.50. The van der Waals surface area contributed by atoms with Crippen molar-refractivity contribution in [1.82, 2.24) is 10.6 Å². The summed E-state index contributed by atoms with van der Waals surface area (Å²) in [5.74, 6) is -1.18. The van der Waals surface area contributed by atoms with Crippen LogP contribution < -0.4 is 16.4 Å². The molecule has 0 bridgehead atoms. The first kappa shape index (κ1) is 17.2. The van der Waals surface area contributed by atoms with Crippen LogP contribution in [0.3, 0.4) is 0 Å². The fraction of sp³-hybridized carbons (Fsp3) is 0.769. The van der Waals surface area contributed by atoms with Crippen molar-refractivity contribution < 1.29 is 24.2 Å². The smallest absolute Gasteiger partial charge is 0.314 e. The summed E-state index contributed by atoms with van der Waals surface area (Å²) >= 11 is 0. The van der Waals surface area contributed by atoms with E-state index in [1.54, 1.807) is 0 Å². The van der Waals surface area contributed by atoms with E-state index in [2.05, 4.69) is 10.6 Å². The van der Waals surface area contributed by atoms with Gasteiger partial charge >= 0.3 is 12.0 Å². The number of nitrogens with two attached hydrogens (primary N) is 1. The number of hydrogen-bond acceptors (Lipinski definition) is 4. The van der Waals surface area contributed by atoms with Crippen LogP contribution >= 0.6 is 0 Å². The molecule has 0 aromatic carbocycles. The van der Waals surface area contributed by atoms with Crippen LogP contribution in [0.4, 0.5) is 4.79 Å². The molecule has 0 heterocycles. The highest BCUT2D eigenvalue weighted by Crippen LogP contribution is 2.28. The van der Waals surface area contributed by atoms with E-state index in [9.17, 15) is 14.4 Å². The third-order valence-corrected chi connectivity index (χ3v) is 3.52. The highest BCUT2D eigenvalue weighted by molar-refractivity contribution is 5.75. The second-order valence-electron chi connectivity index (χ2n) is 5.21. The Labute approximate surface area is 123 Å². The third-order valence-electron chi connectivity index (χ3n) is 3.52. The highest BCUT2D eigenvalue weighted by Gasteiger charge is 2.25. The molecule has 8 nitrogen and oxygen atoms in total. The summed E-state index contributed by atoms with van der Waals surface area (Å²) in [6, 6.07) is -0.293. The Kier molecular flexibility index (Phi) is 7.52. The molecule has 0 saturated heterocycles. The van der Waals surface area contributed by atoms with Gasteiger partial charge in [-0.15, -0.1) is 0 Å². The van der Waals surface area contributed by atoms with Gasteiger partial charge in [-0.1, -0.05) is 0 Å². The van der Waals surface area contributed by atoms with Crippen LogP contribution in [0.2, 0.25) is 0 Å². The van der Waals surface area contributed by atoms with E-state index in [-0.39, 0.29) is 25.2 Å². The molecule has 5 N–H and O–H groups in total. The topological polar surface area (TPSA) is 131 Å². The van der Waals surface area contributed by atoms with Crippen LogP contribution in [0.25, 0.3) is 0 Å². The lowest BCUT2D eigenvalue weighted by Gasteiger charge is -2.26. The number of carbonyl (C=O) groups excluding carboxylic acids is 2. The van der Waals surface area contributed by atoms with Crippen molar-refractivity contribution in [3.05, 3.63) is 0 Å². The molecule has 0 spiro atoms. The van der Waals surface area contributed by atoms with Crippen LogP contribution in [0.1, 0.15) is 25.7 Å². The molecule has 0 unspecified atom stereocenters. The van der Waals surface area contributed by atoms with Gasteiger partial charge in [-0.2, -0.15) is 0 Å². The number of carboxylic acids is 1. The van der Waals surface area contributed by atoms with Gasteiger partial charge in [0.1, 0.15) is 6.61 Å². The average Bonchev–Trinajstić information content (AvgIpc) is 2.44. The zero-order valence-corrected chi connectivity index (χ0v) is 12.0. The molecule has 1 fully saturated rings. The van der Waals surface area contributed by atoms with Gasteiger partial charge < -0.3 is 26.2 Å². The minimum atomic E-state index is -0.727. The average molecular weight is 301 g/mol. The Morgan fingerprint density at radius 3 is 2.38 bits per heavy atom. The van der Waals surface area contributed by atoms with Gasteiger partial charge in [-0.05, 0) is 31.6 Å². The van der Waals surface area contributed by atoms with Crippen molar-refractivity contribution in [2.24, 2.45) is 17.6 Å². The maximum atomic E-state index is 11.5. The Bertz CT molecular complexity index is 367. The molecule has 3 amide bonds.